The second-order valence-electron chi connectivity index (χ2n) is 7.45. The zero-order valence-electron chi connectivity index (χ0n) is 15.8. The van der Waals surface area contributed by atoms with Gasteiger partial charge in [0, 0.05) is 0 Å². The largest absolute Gasteiger partial charge is 0.433 e. The second-order valence-corrected chi connectivity index (χ2v) is 7.45. The van der Waals surface area contributed by atoms with E-state index in [0.29, 0.717) is 6.08 Å². The standard InChI is InChI=1S/C21H23F3N2O2/c1-3-4-13-6-7-14-11-12(2)5-8-15(14)18(13)26-20(28)16-9-10-17(21(22,23)24)25-19(16)27/h5,8-11,13,16,18H,3-4,6-7H2,1-2H3,(H,26,28). The first-order valence-corrected chi connectivity index (χ1v) is 9.48. The van der Waals surface area contributed by atoms with Gasteiger partial charge in [-0.25, -0.2) is 4.99 Å². The van der Waals surface area contributed by atoms with E-state index in [1.807, 2.05) is 19.1 Å². The van der Waals surface area contributed by atoms with Crippen LogP contribution in [0.3, 0.4) is 0 Å². The molecule has 28 heavy (non-hydrogen) atoms. The Morgan fingerprint density at radius 1 is 1.32 bits per heavy atom. The highest BCUT2D eigenvalue weighted by molar-refractivity contribution is 6.14. The molecule has 0 radical (unpaired) electrons. The van der Waals surface area contributed by atoms with Crippen LogP contribution in [0.15, 0.2) is 35.3 Å². The Morgan fingerprint density at radius 3 is 2.71 bits per heavy atom. The van der Waals surface area contributed by atoms with Crippen LogP contribution in [-0.2, 0) is 16.0 Å². The zero-order chi connectivity index (χ0) is 20.5. The quantitative estimate of drug-likeness (QED) is 0.780. The molecule has 1 heterocycles. The minimum absolute atomic E-state index is 0.223. The molecule has 0 spiro atoms. The first-order chi connectivity index (χ1) is 13.2. The Morgan fingerprint density at radius 2 is 2.07 bits per heavy atom. The third-order valence-electron chi connectivity index (χ3n) is 5.36. The Hall–Kier alpha value is -2.44. The molecule has 2 amide bonds. The van der Waals surface area contributed by atoms with Gasteiger partial charge in [-0.15, -0.1) is 0 Å². The average molecular weight is 392 g/mol. The molecule has 1 aliphatic heterocycles. The lowest BCUT2D eigenvalue weighted by molar-refractivity contribution is -0.132. The van der Waals surface area contributed by atoms with E-state index in [1.54, 1.807) is 0 Å². The van der Waals surface area contributed by atoms with E-state index in [-0.39, 0.29) is 12.0 Å². The lowest BCUT2D eigenvalue weighted by Gasteiger charge is -2.35. The van der Waals surface area contributed by atoms with Crippen LogP contribution in [0.4, 0.5) is 13.2 Å². The lowest BCUT2D eigenvalue weighted by Crippen LogP contribution is -2.42. The van der Waals surface area contributed by atoms with Gasteiger partial charge in [0.05, 0.1) is 6.04 Å². The van der Waals surface area contributed by atoms with Crippen molar-refractivity contribution in [3.8, 4) is 0 Å². The molecular weight excluding hydrogens is 369 g/mol. The fourth-order valence-electron chi connectivity index (χ4n) is 3.99. The predicted octanol–water partition coefficient (Wildman–Crippen LogP) is 4.23. The lowest BCUT2D eigenvalue weighted by atomic mass is 9.77. The highest BCUT2D eigenvalue weighted by atomic mass is 19.4. The summed E-state index contributed by atoms with van der Waals surface area (Å²) in [4.78, 5) is 27.8. The van der Waals surface area contributed by atoms with Gasteiger partial charge in [-0.1, -0.05) is 43.2 Å². The number of nitrogens with zero attached hydrogens (tertiary/aromatic N) is 1. The summed E-state index contributed by atoms with van der Waals surface area (Å²) in [6, 6.07) is 5.82. The number of aliphatic imine (C=N–C) groups is 1. The van der Waals surface area contributed by atoms with Gasteiger partial charge >= 0.3 is 6.18 Å². The van der Waals surface area contributed by atoms with E-state index in [9.17, 15) is 22.8 Å². The van der Waals surface area contributed by atoms with Crippen LogP contribution >= 0.6 is 0 Å². The minimum Gasteiger partial charge on any atom is -0.348 e. The molecule has 0 bridgehead atoms. The maximum atomic E-state index is 12.7. The molecule has 1 N–H and O–H groups in total. The first-order valence-electron chi connectivity index (χ1n) is 9.48. The average Bonchev–Trinajstić information content (AvgIpc) is 2.62. The van der Waals surface area contributed by atoms with Crippen LogP contribution in [0, 0.1) is 18.8 Å². The summed E-state index contributed by atoms with van der Waals surface area (Å²) in [5.74, 6) is -2.80. The van der Waals surface area contributed by atoms with Gasteiger partial charge in [0.1, 0.15) is 11.6 Å². The van der Waals surface area contributed by atoms with Crippen LogP contribution in [0.25, 0.3) is 0 Å². The van der Waals surface area contributed by atoms with Crippen LogP contribution in [0.2, 0.25) is 0 Å². The van der Waals surface area contributed by atoms with Crippen molar-refractivity contribution in [2.24, 2.45) is 16.8 Å². The van der Waals surface area contributed by atoms with Gasteiger partial charge in [0.25, 0.3) is 5.91 Å². The van der Waals surface area contributed by atoms with Crippen molar-refractivity contribution in [2.75, 3.05) is 0 Å². The summed E-state index contributed by atoms with van der Waals surface area (Å²) in [5, 5.41) is 2.92. The number of hydrogen-bond acceptors (Lipinski definition) is 2. The predicted molar refractivity (Wildman–Crippen MR) is 99.9 cm³/mol. The summed E-state index contributed by atoms with van der Waals surface area (Å²) in [6.45, 7) is 4.08. The topological polar surface area (TPSA) is 58.5 Å². The van der Waals surface area contributed by atoms with Crippen molar-refractivity contribution in [3.63, 3.8) is 0 Å². The number of hydrogen-bond donors (Lipinski definition) is 1. The number of aryl methyl sites for hydroxylation is 2. The van der Waals surface area contributed by atoms with Crippen molar-refractivity contribution >= 4 is 17.5 Å². The monoisotopic (exact) mass is 392 g/mol. The minimum atomic E-state index is -4.71. The molecule has 1 aromatic carbocycles. The number of carbonyl (C=O) groups excluding carboxylic acids is 2. The Balaban J connectivity index is 1.81. The summed E-state index contributed by atoms with van der Waals surface area (Å²) in [6.07, 6.45) is 0.701. The molecule has 0 aromatic heterocycles. The molecular formula is C21H23F3N2O2. The van der Waals surface area contributed by atoms with Crippen molar-refractivity contribution in [1.29, 1.82) is 0 Å². The number of dihydropyridines is 1. The van der Waals surface area contributed by atoms with Crippen molar-refractivity contribution in [2.45, 2.75) is 51.7 Å². The second kappa shape index (κ2) is 7.89. The van der Waals surface area contributed by atoms with Crippen molar-refractivity contribution < 1.29 is 22.8 Å². The third kappa shape index (κ3) is 4.18. The molecule has 7 heteroatoms. The molecule has 1 aliphatic carbocycles. The molecule has 3 atom stereocenters. The Labute approximate surface area is 161 Å². The molecule has 1 aromatic rings. The molecule has 150 valence electrons. The zero-order valence-corrected chi connectivity index (χ0v) is 15.8. The maximum Gasteiger partial charge on any atom is 0.433 e. The van der Waals surface area contributed by atoms with E-state index < -0.39 is 29.6 Å². The maximum absolute atomic E-state index is 12.7. The van der Waals surface area contributed by atoms with Gasteiger partial charge in [-0.2, -0.15) is 13.2 Å². The summed E-state index contributed by atoms with van der Waals surface area (Å²) >= 11 is 0. The number of halogens is 3. The SMILES string of the molecule is CCCC1CCc2cc(C)ccc2C1NC(=O)C1C=CC(C(F)(F)F)=NC1=O. The van der Waals surface area contributed by atoms with Crippen LogP contribution in [0.1, 0.15) is 48.9 Å². The Bertz CT molecular complexity index is 843. The van der Waals surface area contributed by atoms with Crippen LogP contribution in [-0.4, -0.2) is 23.7 Å². The molecule has 0 fully saturated rings. The molecule has 2 aliphatic rings. The van der Waals surface area contributed by atoms with Gasteiger partial charge in [0.2, 0.25) is 5.91 Å². The number of nitrogens with one attached hydrogen (secondary N) is 1. The van der Waals surface area contributed by atoms with Gasteiger partial charge in [-0.05, 0) is 49.3 Å². The van der Waals surface area contributed by atoms with Gasteiger partial charge < -0.3 is 5.32 Å². The number of fused-ring (bicyclic) bond motifs is 1. The highest BCUT2D eigenvalue weighted by Crippen LogP contribution is 2.37. The molecule has 0 saturated carbocycles. The highest BCUT2D eigenvalue weighted by Gasteiger charge is 2.40. The Kier molecular flexibility index (Phi) is 5.72. The summed E-state index contributed by atoms with van der Waals surface area (Å²) < 4.78 is 38.1. The third-order valence-corrected chi connectivity index (χ3v) is 5.36. The van der Waals surface area contributed by atoms with E-state index in [4.69, 9.17) is 0 Å². The fraction of sp³-hybridized carbons (Fsp3) is 0.476. The van der Waals surface area contributed by atoms with Crippen molar-refractivity contribution in [3.05, 3.63) is 47.0 Å². The normalized spacial score (nSPS) is 24.5. The first kappa shape index (κ1) is 20.3. The van der Waals surface area contributed by atoms with E-state index in [0.717, 1.165) is 42.9 Å². The van der Waals surface area contributed by atoms with E-state index in [2.05, 4.69) is 23.3 Å². The van der Waals surface area contributed by atoms with Crippen LogP contribution in [0.5, 0.6) is 0 Å². The number of amides is 2. The van der Waals surface area contributed by atoms with Crippen LogP contribution < -0.4 is 5.32 Å². The van der Waals surface area contributed by atoms with E-state index >= 15 is 0 Å². The van der Waals surface area contributed by atoms with Gasteiger partial charge in [-0.3, -0.25) is 9.59 Å². The molecule has 4 nitrogen and oxygen atoms in total. The molecule has 3 unspecified atom stereocenters. The number of benzene rings is 1. The smallest absolute Gasteiger partial charge is 0.348 e. The van der Waals surface area contributed by atoms with Gasteiger partial charge in [0.15, 0.2) is 0 Å². The summed E-state index contributed by atoms with van der Waals surface area (Å²) in [5.41, 5.74) is 2.05. The number of carbonyl (C=O) groups is 2. The number of allylic oxidation sites excluding steroid dienone is 1. The molecule has 0 saturated heterocycles. The summed E-state index contributed by atoms with van der Waals surface area (Å²) in [7, 11) is 0. The fourth-order valence-corrected chi connectivity index (χ4v) is 3.99. The number of rotatable bonds is 4. The van der Waals surface area contributed by atoms with Crippen molar-refractivity contribution in [1.82, 2.24) is 5.32 Å². The van der Waals surface area contributed by atoms with E-state index in [1.165, 1.54) is 5.56 Å². The molecule has 3 rings (SSSR count). The number of alkyl halides is 3.